The fourth-order valence-corrected chi connectivity index (χ4v) is 1.33. The summed E-state index contributed by atoms with van der Waals surface area (Å²) in [6.07, 6.45) is 0. The van der Waals surface area contributed by atoms with Crippen molar-refractivity contribution in [2.75, 3.05) is 6.54 Å². The van der Waals surface area contributed by atoms with Crippen LogP contribution in [0.4, 0.5) is 0 Å². The maximum atomic E-state index is 2.46. The second-order valence-electron chi connectivity index (χ2n) is 3.02. The molecule has 11 heavy (non-hydrogen) atoms. The summed E-state index contributed by atoms with van der Waals surface area (Å²) >= 11 is 0. The SMILES string of the molecule is CCN(C(C)C)C(C)C.N.[B]. The van der Waals surface area contributed by atoms with E-state index in [4.69, 9.17) is 0 Å². The lowest BCUT2D eigenvalue weighted by atomic mass is 10.2. The minimum absolute atomic E-state index is 0. The van der Waals surface area contributed by atoms with Gasteiger partial charge in [-0.3, -0.25) is 4.90 Å². The van der Waals surface area contributed by atoms with Gasteiger partial charge in [-0.1, -0.05) is 6.92 Å². The molecule has 0 aliphatic heterocycles. The zero-order chi connectivity index (χ0) is 7.44. The lowest BCUT2D eigenvalue weighted by Gasteiger charge is -2.28. The van der Waals surface area contributed by atoms with Crippen LogP contribution >= 0.6 is 0 Å². The molecule has 3 N–H and O–H groups in total. The van der Waals surface area contributed by atoms with E-state index in [9.17, 15) is 0 Å². The Labute approximate surface area is 73.5 Å². The van der Waals surface area contributed by atoms with E-state index in [2.05, 4.69) is 39.5 Å². The highest BCUT2D eigenvalue weighted by molar-refractivity contribution is 5.75. The summed E-state index contributed by atoms with van der Waals surface area (Å²) in [4.78, 5) is 2.46. The molecule has 0 spiro atoms. The van der Waals surface area contributed by atoms with Crippen molar-refractivity contribution in [3.05, 3.63) is 0 Å². The molecule has 2 nitrogen and oxygen atoms in total. The Morgan fingerprint density at radius 3 is 1.27 bits per heavy atom. The summed E-state index contributed by atoms with van der Waals surface area (Å²) in [5.74, 6) is 0. The molecular weight excluding hydrogens is 135 g/mol. The fraction of sp³-hybridized carbons (Fsp3) is 1.00. The van der Waals surface area contributed by atoms with Crippen LogP contribution in [0.3, 0.4) is 0 Å². The quantitative estimate of drug-likeness (QED) is 0.635. The maximum absolute atomic E-state index is 2.46. The average Bonchev–Trinajstić information content (AvgIpc) is 1.64. The van der Waals surface area contributed by atoms with Crippen LogP contribution in [-0.4, -0.2) is 31.9 Å². The van der Waals surface area contributed by atoms with E-state index in [1.165, 1.54) is 0 Å². The lowest BCUT2D eigenvalue weighted by Crippen LogP contribution is -2.36. The number of rotatable bonds is 3. The smallest absolute Gasteiger partial charge is 0.00411 e. The Balaban J connectivity index is -0.000000320. The molecule has 0 aromatic rings. The monoisotopic (exact) mass is 157 g/mol. The number of hydrogen-bond acceptors (Lipinski definition) is 2. The topological polar surface area (TPSA) is 38.2 Å². The Kier molecular flexibility index (Phi) is 12.6. The van der Waals surface area contributed by atoms with E-state index in [1.807, 2.05) is 0 Å². The van der Waals surface area contributed by atoms with Crippen LogP contribution in [0.25, 0.3) is 0 Å². The Hall–Kier alpha value is -0.0151. The van der Waals surface area contributed by atoms with Crippen molar-refractivity contribution in [1.29, 1.82) is 0 Å². The van der Waals surface area contributed by atoms with Crippen molar-refractivity contribution in [2.45, 2.75) is 46.7 Å². The van der Waals surface area contributed by atoms with Gasteiger partial charge < -0.3 is 6.15 Å². The van der Waals surface area contributed by atoms with E-state index in [0.717, 1.165) is 6.54 Å². The van der Waals surface area contributed by atoms with Crippen LogP contribution < -0.4 is 6.15 Å². The largest absolute Gasteiger partial charge is 0.344 e. The minimum Gasteiger partial charge on any atom is -0.344 e. The number of nitrogens with zero attached hydrogens (tertiary/aromatic N) is 1. The van der Waals surface area contributed by atoms with Crippen LogP contribution in [0.15, 0.2) is 0 Å². The highest BCUT2D eigenvalue weighted by atomic mass is 15.2. The summed E-state index contributed by atoms with van der Waals surface area (Å²) < 4.78 is 0. The first kappa shape index (κ1) is 17.2. The normalized spacial score (nSPS) is 9.82. The minimum atomic E-state index is 0. The average molecular weight is 157 g/mol. The fourth-order valence-electron chi connectivity index (χ4n) is 1.33. The molecule has 3 radical (unpaired) electrons. The summed E-state index contributed by atoms with van der Waals surface area (Å²) in [7, 11) is 0. The molecule has 0 bridgehead atoms. The standard InChI is InChI=1S/C8H19N.B.H3N/c1-6-9(7(2)3)8(4)5;;/h7-8H,6H2,1-5H3;;1H3. The molecule has 0 aromatic carbocycles. The van der Waals surface area contributed by atoms with Gasteiger partial charge in [0, 0.05) is 20.5 Å². The molecule has 0 saturated heterocycles. The molecule has 0 rings (SSSR count). The van der Waals surface area contributed by atoms with E-state index in [1.54, 1.807) is 0 Å². The van der Waals surface area contributed by atoms with E-state index >= 15 is 0 Å². The third kappa shape index (κ3) is 6.39. The van der Waals surface area contributed by atoms with Gasteiger partial charge in [-0.05, 0) is 34.2 Å². The van der Waals surface area contributed by atoms with Crippen molar-refractivity contribution in [3.63, 3.8) is 0 Å². The Morgan fingerprint density at radius 2 is 1.27 bits per heavy atom. The number of hydrogen-bond donors (Lipinski definition) is 1. The predicted molar refractivity (Wildman–Crippen MR) is 53.4 cm³/mol. The van der Waals surface area contributed by atoms with Crippen LogP contribution in [0, 0.1) is 0 Å². The van der Waals surface area contributed by atoms with Crippen molar-refractivity contribution in [1.82, 2.24) is 11.1 Å². The predicted octanol–water partition coefficient (Wildman–Crippen LogP) is 1.91. The summed E-state index contributed by atoms with van der Waals surface area (Å²) in [6, 6.07) is 1.38. The molecule has 0 aliphatic rings. The molecule has 0 aliphatic carbocycles. The van der Waals surface area contributed by atoms with Gasteiger partial charge in [0.1, 0.15) is 0 Å². The first-order valence-corrected chi connectivity index (χ1v) is 3.85. The highest BCUT2D eigenvalue weighted by Gasteiger charge is 2.08. The Bertz CT molecular complexity index is 66.5. The van der Waals surface area contributed by atoms with Crippen molar-refractivity contribution in [3.8, 4) is 0 Å². The first-order valence-electron chi connectivity index (χ1n) is 3.85. The van der Waals surface area contributed by atoms with Crippen molar-refractivity contribution >= 4 is 8.41 Å². The highest BCUT2D eigenvalue weighted by Crippen LogP contribution is 2.02. The van der Waals surface area contributed by atoms with Gasteiger partial charge in [0.15, 0.2) is 0 Å². The van der Waals surface area contributed by atoms with Crippen LogP contribution in [0.5, 0.6) is 0 Å². The lowest BCUT2D eigenvalue weighted by molar-refractivity contribution is 0.185. The summed E-state index contributed by atoms with van der Waals surface area (Å²) in [5.41, 5.74) is 0. The molecule has 67 valence electrons. The van der Waals surface area contributed by atoms with Gasteiger partial charge in [0.05, 0.1) is 0 Å². The van der Waals surface area contributed by atoms with Gasteiger partial charge in [-0.2, -0.15) is 0 Å². The van der Waals surface area contributed by atoms with E-state index < -0.39 is 0 Å². The molecular formula is C8H22BN2. The van der Waals surface area contributed by atoms with Crippen molar-refractivity contribution in [2.24, 2.45) is 0 Å². The van der Waals surface area contributed by atoms with Gasteiger partial charge in [-0.15, -0.1) is 0 Å². The second-order valence-corrected chi connectivity index (χ2v) is 3.02. The zero-order valence-electron chi connectivity index (χ0n) is 8.59. The van der Waals surface area contributed by atoms with Crippen LogP contribution in [-0.2, 0) is 0 Å². The zero-order valence-corrected chi connectivity index (χ0v) is 8.59. The molecule has 3 heteroatoms. The maximum Gasteiger partial charge on any atom is 0.00411 e. The van der Waals surface area contributed by atoms with Gasteiger partial charge in [0.2, 0.25) is 0 Å². The molecule has 0 saturated carbocycles. The van der Waals surface area contributed by atoms with E-state index in [0.29, 0.717) is 12.1 Å². The molecule has 0 unspecified atom stereocenters. The molecule has 0 heterocycles. The first-order chi connectivity index (χ1) is 4.09. The summed E-state index contributed by atoms with van der Waals surface area (Å²) in [6.45, 7) is 12.3. The van der Waals surface area contributed by atoms with Gasteiger partial charge in [0.25, 0.3) is 0 Å². The molecule has 0 amide bonds. The molecule has 0 fully saturated rings. The van der Waals surface area contributed by atoms with Crippen molar-refractivity contribution < 1.29 is 0 Å². The third-order valence-corrected chi connectivity index (χ3v) is 1.69. The van der Waals surface area contributed by atoms with Gasteiger partial charge >= 0.3 is 0 Å². The second kappa shape index (κ2) is 8.09. The molecule has 0 aromatic heterocycles. The molecule has 0 atom stereocenters. The Morgan fingerprint density at radius 1 is 1.00 bits per heavy atom. The van der Waals surface area contributed by atoms with Crippen LogP contribution in [0.1, 0.15) is 34.6 Å². The van der Waals surface area contributed by atoms with Gasteiger partial charge in [-0.25, -0.2) is 0 Å². The van der Waals surface area contributed by atoms with E-state index in [-0.39, 0.29) is 14.6 Å². The van der Waals surface area contributed by atoms with Crippen LogP contribution in [0.2, 0.25) is 0 Å². The third-order valence-electron chi connectivity index (χ3n) is 1.69. The summed E-state index contributed by atoms with van der Waals surface area (Å²) in [5, 5.41) is 0.